The molecule has 1 heterocycles. The number of allylic oxidation sites excluding steroid dienone is 1. The van der Waals surface area contributed by atoms with Crippen LogP contribution in [0.25, 0.3) is 5.70 Å². The third kappa shape index (κ3) is 2.71. The van der Waals surface area contributed by atoms with E-state index >= 15 is 0 Å². The fraction of sp³-hybridized carbons (Fsp3) is 0.364. The molecule has 126 valence electrons. The molecule has 0 bridgehead atoms. The van der Waals surface area contributed by atoms with Crippen LogP contribution in [0.15, 0.2) is 60.3 Å². The minimum atomic E-state index is 0.120. The summed E-state index contributed by atoms with van der Waals surface area (Å²) in [4.78, 5) is 4.95. The third-order valence-electron chi connectivity index (χ3n) is 4.87. The lowest BCUT2D eigenvalue weighted by atomic mass is 9.90. The molecule has 2 heteroatoms. The Hall–Kier alpha value is -2.22. The summed E-state index contributed by atoms with van der Waals surface area (Å²) < 4.78 is 0. The number of anilines is 1. The summed E-state index contributed by atoms with van der Waals surface area (Å²) in [6.07, 6.45) is 0.286. The molecule has 24 heavy (non-hydrogen) atoms. The molecule has 2 aromatic rings. The molecule has 2 aromatic carbocycles. The normalized spacial score (nSPS) is 18.5. The maximum absolute atomic E-state index is 2.51. The molecule has 0 fully saturated rings. The van der Waals surface area contributed by atoms with Crippen LogP contribution in [0, 0.1) is 12.3 Å². The van der Waals surface area contributed by atoms with Gasteiger partial charge in [0.05, 0.1) is 5.70 Å². The molecule has 0 aromatic heterocycles. The number of rotatable bonds is 2. The predicted molar refractivity (Wildman–Crippen MR) is 104 cm³/mol. The summed E-state index contributed by atoms with van der Waals surface area (Å²) in [6.45, 7) is 11.4. The highest BCUT2D eigenvalue weighted by molar-refractivity contribution is 5.77. The highest BCUT2D eigenvalue weighted by atomic mass is 15.4. The van der Waals surface area contributed by atoms with Gasteiger partial charge in [0.1, 0.15) is 6.17 Å². The topological polar surface area (TPSA) is 6.48 Å². The van der Waals surface area contributed by atoms with Crippen molar-refractivity contribution in [3.05, 3.63) is 71.4 Å². The molecule has 0 N–H and O–H groups in total. The first-order valence-electron chi connectivity index (χ1n) is 8.66. The Kier molecular flexibility index (Phi) is 4.16. The van der Waals surface area contributed by atoms with Crippen LogP contribution in [-0.4, -0.2) is 18.1 Å². The zero-order chi connectivity index (χ0) is 17.5. The second-order valence-electron chi connectivity index (χ2n) is 7.81. The Morgan fingerprint density at radius 2 is 1.42 bits per heavy atom. The van der Waals surface area contributed by atoms with Gasteiger partial charge in [-0.1, -0.05) is 69.3 Å². The molecular formula is C22H28N2. The summed E-state index contributed by atoms with van der Waals surface area (Å²) in [7, 11) is 2.22. The Morgan fingerprint density at radius 3 is 2.00 bits per heavy atom. The first kappa shape index (κ1) is 16.6. The SMILES string of the molecule is CC1=C(c2ccccc2)N(C)C(C(C)(C)C)N1c1ccccc1C. The second kappa shape index (κ2) is 6.01. The van der Waals surface area contributed by atoms with Crippen molar-refractivity contribution in [3.63, 3.8) is 0 Å². The van der Waals surface area contributed by atoms with E-state index in [0.717, 1.165) is 0 Å². The molecule has 0 saturated heterocycles. The van der Waals surface area contributed by atoms with Gasteiger partial charge in [-0.05, 0) is 31.0 Å². The lowest BCUT2D eigenvalue weighted by Gasteiger charge is -2.42. The summed E-state index contributed by atoms with van der Waals surface area (Å²) in [5.74, 6) is 0. The van der Waals surface area contributed by atoms with E-state index in [0.29, 0.717) is 0 Å². The van der Waals surface area contributed by atoms with Crippen molar-refractivity contribution in [2.75, 3.05) is 11.9 Å². The molecule has 3 rings (SSSR count). The largest absolute Gasteiger partial charge is 0.352 e. The Labute approximate surface area is 146 Å². The van der Waals surface area contributed by atoms with Crippen molar-refractivity contribution in [2.45, 2.75) is 40.8 Å². The van der Waals surface area contributed by atoms with Gasteiger partial charge in [0.25, 0.3) is 0 Å². The second-order valence-corrected chi connectivity index (χ2v) is 7.81. The van der Waals surface area contributed by atoms with Crippen LogP contribution in [-0.2, 0) is 0 Å². The smallest absolute Gasteiger partial charge is 0.111 e. The average Bonchev–Trinajstić information content (AvgIpc) is 2.79. The lowest BCUT2D eigenvalue weighted by molar-refractivity contribution is 0.197. The maximum Gasteiger partial charge on any atom is 0.111 e. The van der Waals surface area contributed by atoms with E-state index in [9.17, 15) is 0 Å². The molecule has 1 unspecified atom stereocenters. The fourth-order valence-corrected chi connectivity index (χ4v) is 3.97. The quantitative estimate of drug-likeness (QED) is 0.720. The average molecular weight is 320 g/mol. The summed E-state index contributed by atoms with van der Waals surface area (Å²) in [5, 5.41) is 0. The van der Waals surface area contributed by atoms with Gasteiger partial charge in [-0.15, -0.1) is 0 Å². The van der Waals surface area contributed by atoms with Gasteiger partial charge >= 0.3 is 0 Å². The van der Waals surface area contributed by atoms with Crippen molar-refractivity contribution in [1.82, 2.24) is 4.90 Å². The van der Waals surface area contributed by atoms with Crippen molar-refractivity contribution >= 4 is 11.4 Å². The number of hydrogen-bond acceptors (Lipinski definition) is 2. The van der Waals surface area contributed by atoms with Crippen LogP contribution in [0.4, 0.5) is 5.69 Å². The molecule has 0 spiro atoms. The summed E-state index contributed by atoms with van der Waals surface area (Å²) in [5.41, 5.74) is 6.65. The van der Waals surface area contributed by atoms with Crippen LogP contribution in [0.2, 0.25) is 0 Å². The minimum absolute atomic E-state index is 0.120. The number of hydrogen-bond donors (Lipinski definition) is 0. The van der Waals surface area contributed by atoms with E-state index < -0.39 is 0 Å². The lowest BCUT2D eigenvalue weighted by Crippen LogP contribution is -2.48. The summed E-state index contributed by atoms with van der Waals surface area (Å²) >= 11 is 0. The summed E-state index contributed by atoms with van der Waals surface area (Å²) in [6, 6.07) is 19.4. The van der Waals surface area contributed by atoms with E-state index in [1.165, 1.54) is 28.2 Å². The predicted octanol–water partition coefficient (Wildman–Crippen LogP) is 5.51. The first-order chi connectivity index (χ1) is 11.3. The Morgan fingerprint density at radius 1 is 0.833 bits per heavy atom. The number of nitrogens with zero attached hydrogens (tertiary/aromatic N) is 2. The molecular weight excluding hydrogens is 292 g/mol. The zero-order valence-electron chi connectivity index (χ0n) is 15.7. The van der Waals surface area contributed by atoms with E-state index in [1.54, 1.807) is 0 Å². The molecule has 0 saturated carbocycles. The van der Waals surface area contributed by atoms with Crippen LogP contribution in [0.1, 0.15) is 38.8 Å². The molecule has 1 aliphatic rings. The third-order valence-corrected chi connectivity index (χ3v) is 4.87. The van der Waals surface area contributed by atoms with E-state index in [2.05, 4.69) is 106 Å². The van der Waals surface area contributed by atoms with E-state index in [-0.39, 0.29) is 11.6 Å². The van der Waals surface area contributed by atoms with Crippen LogP contribution >= 0.6 is 0 Å². The number of benzene rings is 2. The van der Waals surface area contributed by atoms with Crippen LogP contribution < -0.4 is 4.90 Å². The van der Waals surface area contributed by atoms with Crippen molar-refractivity contribution in [2.24, 2.45) is 5.41 Å². The monoisotopic (exact) mass is 320 g/mol. The van der Waals surface area contributed by atoms with Gasteiger partial charge in [0, 0.05) is 23.8 Å². The first-order valence-corrected chi connectivity index (χ1v) is 8.66. The molecule has 0 radical (unpaired) electrons. The van der Waals surface area contributed by atoms with E-state index in [1.807, 2.05) is 0 Å². The highest BCUT2D eigenvalue weighted by Crippen LogP contribution is 2.44. The molecule has 0 amide bonds. The maximum atomic E-state index is 2.51. The molecule has 2 nitrogen and oxygen atoms in total. The highest BCUT2D eigenvalue weighted by Gasteiger charge is 2.42. The minimum Gasteiger partial charge on any atom is -0.352 e. The standard InChI is InChI=1S/C22H28N2/c1-16-12-10-11-15-19(16)24-17(2)20(18-13-8-7-9-14-18)23(6)21(24)22(3,4)5/h7-15,21H,1-6H3. The number of para-hydroxylation sites is 1. The van der Waals surface area contributed by atoms with Crippen LogP contribution in [0.3, 0.4) is 0 Å². The van der Waals surface area contributed by atoms with Gasteiger partial charge in [0.15, 0.2) is 0 Å². The van der Waals surface area contributed by atoms with Gasteiger partial charge in [-0.3, -0.25) is 0 Å². The van der Waals surface area contributed by atoms with Gasteiger partial charge < -0.3 is 9.80 Å². The van der Waals surface area contributed by atoms with Crippen molar-refractivity contribution in [1.29, 1.82) is 0 Å². The van der Waals surface area contributed by atoms with Gasteiger partial charge in [0.2, 0.25) is 0 Å². The van der Waals surface area contributed by atoms with Crippen molar-refractivity contribution < 1.29 is 0 Å². The fourth-order valence-electron chi connectivity index (χ4n) is 3.97. The van der Waals surface area contributed by atoms with Crippen molar-refractivity contribution in [3.8, 4) is 0 Å². The van der Waals surface area contributed by atoms with E-state index in [4.69, 9.17) is 0 Å². The van der Waals surface area contributed by atoms with Gasteiger partial charge in [-0.25, -0.2) is 0 Å². The zero-order valence-corrected chi connectivity index (χ0v) is 15.7. The molecule has 0 aliphatic carbocycles. The Bertz CT molecular complexity index is 753. The Balaban J connectivity index is 2.19. The molecule has 1 aliphatic heterocycles. The molecule has 1 atom stereocenters. The van der Waals surface area contributed by atoms with Gasteiger partial charge in [-0.2, -0.15) is 0 Å². The number of aryl methyl sites for hydroxylation is 1. The van der Waals surface area contributed by atoms with Crippen LogP contribution in [0.5, 0.6) is 0 Å².